The number of carbonyl (C=O) groups excluding carboxylic acids is 1. The fourth-order valence-corrected chi connectivity index (χ4v) is 2.73. The van der Waals surface area contributed by atoms with E-state index in [1.807, 2.05) is 6.07 Å². The number of aliphatic hydroxyl groups is 2. The van der Waals surface area contributed by atoms with E-state index in [9.17, 15) is 20.0 Å². The highest BCUT2D eigenvalue weighted by Gasteiger charge is 2.26. The zero-order valence-corrected chi connectivity index (χ0v) is 15.0. The fraction of sp³-hybridized carbons (Fsp3) is 0.333. The second-order valence-electron chi connectivity index (χ2n) is 5.81. The summed E-state index contributed by atoms with van der Waals surface area (Å²) in [5, 5.41) is 42.8. The number of pyridine rings is 1. The number of β-amino-alcohol motifs (C(OH)–C–C–N with tert-alkyl or cyclic N) is 1. The van der Waals surface area contributed by atoms with Crippen molar-refractivity contribution >= 4 is 17.7 Å². The summed E-state index contributed by atoms with van der Waals surface area (Å²) in [6, 6.07) is 1.82. The Bertz CT molecular complexity index is 950. The van der Waals surface area contributed by atoms with Gasteiger partial charge in [-0.3, -0.25) is 14.2 Å². The van der Waals surface area contributed by atoms with E-state index < -0.39 is 5.56 Å². The molecule has 0 atom stereocenters. The maximum atomic E-state index is 12.2. The van der Waals surface area contributed by atoms with Crippen LogP contribution in [0.3, 0.4) is 0 Å². The molecule has 0 unspecified atom stereocenters. The molecule has 0 bridgehead atoms. The molecule has 1 aromatic rings. The van der Waals surface area contributed by atoms with Gasteiger partial charge in [-0.1, -0.05) is 6.08 Å². The number of hydrogen-bond acceptors (Lipinski definition) is 7. The van der Waals surface area contributed by atoms with E-state index in [0.717, 1.165) is 9.58 Å². The van der Waals surface area contributed by atoms with Crippen LogP contribution < -0.4 is 5.56 Å². The van der Waals surface area contributed by atoms with Crippen LogP contribution in [-0.2, 0) is 11.3 Å². The maximum Gasteiger partial charge on any atom is 0.275 e. The van der Waals surface area contributed by atoms with Gasteiger partial charge >= 0.3 is 0 Å². The van der Waals surface area contributed by atoms with Crippen molar-refractivity contribution in [1.29, 1.82) is 5.26 Å². The Morgan fingerprint density at radius 2 is 1.85 bits per heavy atom. The second kappa shape index (κ2) is 8.44. The smallest absolute Gasteiger partial charge is 0.275 e. The molecule has 1 aromatic heterocycles. The van der Waals surface area contributed by atoms with Crippen LogP contribution in [0, 0.1) is 18.3 Å². The number of nitrogens with zero attached hydrogens (tertiary/aromatic N) is 4. The summed E-state index contributed by atoms with van der Waals surface area (Å²) < 4.78 is 0.925. The van der Waals surface area contributed by atoms with Gasteiger partial charge in [-0.2, -0.15) is 10.4 Å². The first-order valence-corrected chi connectivity index (χ1v) is 8.21. The number of aliphatic hydroxyl groups excluding tert-OH is 2. The number of carbonyl (C=O) groups is 1. The molecule has 9 nitrogen and oxygen atoms in total. The van der Waals surface area contributed by atoms with Crippen molar-refractivity contribution in [1.82, 2.24) is 9.58 Å². The van der Waals surface area contributed by atoms with Gasteiger partial charge in [0, 0.05) is 5.56 Å². The first kappa shape index (κ1) is 20.1. The highest BCUT2D eigenvalue weighted by Crippen LogP contribution is 2.23. The summed E-state index contributed by atoms with van der Waals surface area (Å²) in [5.41, 5.74) is 0.559. The lowest BCUT2D eigenvalue weighted by molar-refractivity contribution is -0.126. The lowest BCUT2D eigenvalue weighted by Gasteiger charge is -2.13. The first-order valence-electron chi connectivity index (χ1n) is 8.21. The lowest BCUT2D eigenvalue weighted by Crippen LogP contribution is -2.26. The number of rotatable bonds is 6. The van der Waals surface area contributed by atoms with Crippen LogP contribution in [0.1, 0.15) is 23.6 Å². The van der Waals surface area contributed by atoms with Gasteiger partial charge in [0.05, 0.1) is 37.6 Å². The molecule has 0 saturated heterocycles. The standard InChI is InChI=1S/C18H20N4O5/c1-11-13(16(25)21(6-8-23)17(26)15(11)10-19)4-3-5-14-12(2)20-22(7-9-24)18(14)27/h3-5,23-25H,6-9H2,1-2H3. The van der Waals surface area contributed by atoms with E-state index in [-0.39, 0.29) is 49.2 Å². The predicted octanol–water partition coefficient (Wildman–Crippen LogP) is -0.124. The van der Waals surface area contributed by atoms with Crippen molar-refractivity contribution in [3.8, 4) is 11.9 Å². The third kappa shape index (κ3) is 3.81. The van der Waals surface area contributed by atoms with E-state index in [4.69, 9.17) is 10.2 Å². The minimum Gasteiger partial charge on any atom is -0.494 e. The number of aromatic nitrogens is 1. The van der Waals surface area contributed by atoms with Crippen LogP contribution in [0.4, 0.5) is 0 Å². The predicted molar refractivity (Wildman–Crippen MR) is 97.9 cm³/mol. The summed E-state index contributed by atoms with van der Waals surface area (Å²) in [6.45, 7) is 2.55. The molecule has 27 heavy (non-hydrogen) atoms. The zero-order valence-electron chi connectivity index (χ0n) is 15.0. The monoisotopic (exact) mass is 372 g/mol. The zero-order chi connectivity index (χ0) is 20.1. The summed E-state index contributed by atoms with van der Waals surface area (Å²) in [7, 11) is 0. The minimum atomic E-state index is -0.675. The number of amides is 1. The van der Waals surface area contributed by atoms with E-state index in [2.05, 4.69) is 5.10 Å². The van der Waals surface area contributed by atoms with Crippen LogP contribution in [0.25, 0.3) is 6.08 Å². The lowest BCUT2D eigenvalue weighted by atomic mass is 10.0. The minimum absolute atomic E-state index is 0.0920. The van der Waals surface area contributed by atoms with Crippen molar-refractivity contribution in [2.45, 2.75) is 20.4 Å². The molecule has 0 aromatic carbocycles. The maximum absolute atomic E-state index is 12.2. The average Bonchev–Trinajstić information content (AvgIpc) is 2.89. The molecule has 3 N–H and O–H groups in total. The molecule has 2 rings (SSSR count). The third-order valence-electron chi connectivity index (χ3n) is 4.13. The second-order valence-corrected chi connectivity index (χ2v) is 5.81. The molecule has 142 valence electrons. The van der Waals surface area contributed by atoms with E-state index in [1.54, 1.807) is 6.92 Å². The Kier molecular flexibility index (Phi) is 6.28. The van der Waals surface area contributed by atoms with Crippen LogP contribution in [0.15, 0.2) is 27.6 Å². The molecule has 1 aliphatic rings. The highest BCUT2D eigenvalue weighted by molar-refractivity contribution is 6.24. The van der Waals surface area contributed by atoms with Gasteiger partial charge in [0.25, 0.3) is 11.5 Å². The Balaban J connectivity index is 2.45. The molecule has 0 fully saturated rings. The molecule has 2 heterocycles. The van der Waals surface area contributed by atoms with Gasteiger partial charge < -0.3 is 15.3 Å². The third-order valence-corrected chi connectivity index (χ3v) is 4.13. The van der Waals surface area contributed by atoms with Gasteiger partial charge in [0.2, 0.25) is 5.88 Å². The molecule has 0 radical (unpaired) electrons. The summed E-state index contributed by atoms with van der Waals surface area (Å²) >= 11 is 0. The molecule has 0 aliphatic carbocycles. The molecular formula is C18H20N4O5. The molecule has 0 spiro atoms. The van der Waals surface area contributed by atoms with Crippen LogP contribution in [0.5, 0.6) is 5.88 Å². The van der Waals surface area contributed by atoms with Crippen molar-refractivity contribution < 1.29 is 20.1 Å². The SMILES string of the molecule is CC1=NN(CCO)C(=O)C1=CC=Cc1c(C)c(C#N)c(=O)n(CCO)c1O. The molecular weight excluding hydrogens is 352 g/mol. The van der Waals surface area contributed by atoms with E-state index in [0.29, 0.717) is 16.8 Å². The van der Waals surface area contributed by atoms with E-state index >= 15 is 0 Å². The van der Waals surface area contributed by atoms with Crippen molar-refractivity contribution in [3.05, 3.63) is 44.8 Å². The molecule has 1 amide bonds. The van der Waals surface area contributed by atoms with Crippen molar-refractivity contribution in [3.63, 3.8) is 0 Å². The Labute approximate surface area is 155 Å². The quantitative estimate of drug-likeness (QED) is 0.595. The Hall–Kier alpha value is -3.22. The van der Waals surface area contributed by atoms with Crippen molar-refractivity contribution in [2.75, 3.05) is 19.8 Å². The molecule has 0 saturated carbocycles. The number of aromatic hydroxyl groups is 1. The van der Waals surface area contributed by atoms with Crippen LogP contribution in [-0.4, -0.2) is 56.3 Å². The Morgan fingerprint density at radius 1 is 1.19 bits per heavy atom. The number of allylic oxidation sites excluding steroid dienone is 2. The number of hydrogen-bond donors (Lipinski definition) is 3. The summed E-state index contributed by atoms with van der Waals surface area (Å²) in [6.07, 6.45) is 4.48. The summed E-state index contributed by atoms with van der Waals surface area (Å²) in [4.78, 5) is 24.4. The Morgan fingerprint density at radius 3 is 2.44 bits per heavy atom. The normalized spacial score (nSPS) is 15.7. The topological polar surface area (TPSA) is 139 Å². The summed E-state index contributed by atoms with van der Waals surface area (Å²) in [5.74, 6) is -0.722. The fourth-order valence-electron chi connectivity index (χ4n) is 2.73. The van der Waals surface area contributed by atoms with Gasteiger partial charge in [-0.15, -0.1) is 0 Å². The molecule has 1 aliphatic heterocycles. The number of nitriles is 1. The largest absolute Gasteiger partial charge is 0.494 e. The van der Waals surface area contributed by atoms with Crippen LogP contribution >= 0.6 is 0 Å². The average molecular weight is 372 g/mol. The number of hydrazone groups is 1. The van der Waals surface area contributed by atoms with Gasteiger partial charge in [-0.25, -0.2) is 5.01 Å². The van der Waals surface area contributed by atoms with Gasteiger partial charge in [0.1, 0.15) is 11.6 Å². The van der Waals surface area contributed by atoms with Gasteiger partial charge in [-0.05, 0) is 31.6 Å². The highest BCUT2D eigenvalue weighted by atomic mass is 16.3. The van der Waals surface area contributed by atoms with Crippen molar-refractivity contribution in [2.24, 2.45) is 5.10 Å². The van der Waals surface area contributed by atoms with Crippen LogP contribution in [0.2, 0.25) is 0 Å². The van der Waals surface area contributed by atoms with Gasteiger partial charge in [0.15, 0.2) is 0 Å². The molecule has 9 heteroatoms. The first-order chi connectivity index (χ1) is 12.9. The van der Waals surface area contributed by atoms with E-state index in [1.165, 1.54) is 25.2 Å².